The fourth-order valence-corrected chi connectivity index (χ4v) is 3.75. The minimum Gasteiger partial charge on any atom is -0.328 e. The third kappa shape index (κ3) is 3.53. The van der Waals surface area contributed by atoms with Crippen molar-refractivity contribution < 1.29 is 0 Å². The van der Waals surface area contributed by atoms with Crippen molar-refractivity contribution in [2.75, 3.05) is 13.1 Å². The quantitative estimate of drug-likeness (QED) is 0.705. The first-order valence-electron chi connectivity index (χ1n) is 9.18. The van der Waals surface area contributed by atoms with E-state index in [1.807, 2.05) is 31.7 Å². The summed E-state index contributed by atoms with van der Waals surface area (Å²) in [7, 11) is 2.08. The molecule has 0 radical (unpaired) electrons. The molecule has 1 atom stereocenters. The lowest BCUT2D eigenvalue weighted by Crippen LogP contribution is -2.34. The molecule has 4 heterocycles. The molecule has 0 aliphatic carbocycles. The Bertz CT molecular complexity index is 852. The van der Waals surface area contributed by atoms with E-state index in [1.54, 1.807) is 0 Å². The third-order valence-electron chi connectivity index (χ3n) is 5.26. The van der Waals surface area contributed by atoms with Crippen LogP contribution in [0.1, 0.15) is 41.8 Å². The van der Waals surface area contributed by atoms with E-state index < -0.39 is 0 Å². The van der Waals surface area contributed by atoms with Gasteiger partial charge >= 0.3 is 0 Å². The van der Waals surface area contributed by atoms with E-state index in [1.165, 1.54) is 18.4 Å². The van der Waals surface area contributed by atoms with Gasteiger partial charge in [-0.3, -0.25) is 9.88 Å². The molecule has 3 aromatic rings. The van der Waals surface area contributed by atoms with Gasteiger partial charge in [0, 0.05) is 50.8 Å². The summed E-state index contributed by atoms with van der Waals surface area (Å²) in [6.45, 7) is 5.85. The van der Waals surface area contributed by atoms with E-state index in [-0.39, 0.29) is 0 Å². The zero-order valence-corrected chi connectivity index (χ0v) is 15.4. The predicted octanol–water partition coefficient (Wildman–Crippen LogP) is 2.14. The molecule has 3 aromatic heterocycles. The highest BCUT2D eigenvalue weighted by Gasteiger charge is 2.26. The molecule has 26 heavy (non-hydrogen) atoms. The Balaban J connectivity index is 1.46. The van der Waals surface area contributed by atoms with Crippen LogP contribution in [0, 0.1) is 6.92 Å². The van der Waals surface area contributed by atoms with Gasteiger partial charge in [0.05, 0.1) is 6.54 Å². The second-order valence-corrected chi connectivity index (χ2v) is 7.07. The molecule has 0 spiro atoms. The first-order valence-corrected chi connectivity index (χ1v) is 9.18. The monoisotopic (exact) mass is 351 g/mol. The number of piperidine rings is 1. The topological polar surface area (TPSA) is 64.7 Å². The SMILES string of the molecule is Cc1nccn1Cc1nnc(C2CCCN(Cc3ccncc3)C2)n1C. The molecule has 1 aliphatic heterocycles. The number of hydrogen-bond acceptors (Lipinski definition) is 5. The van der Waals surface area contributed by atoms with Gasteiger partial charge in [0.1, 0.15) is 11.6 Å². The van der Waals surface area contributed by atoms with Crippen LogP contribution in [0.25, 0.3) is 0 Å². The van der Waals surface area contributed by atoms with Crippen LogP contribution in [0.3, 0.4) is 0 Å². The molecule has 0 bridgehead atoms. The normalized spacial score (nSPS) is 18.3. The van der Waals surface area contributed by atoms with Gasteiger partial charge in [-0.05, 0) is 44.0 Å². The number of rotatable bonds is 5. The van der Waals surface area contributed by atoms with E-state index in [0.29, 0.717) is 12.5 Å². The number of pyridine rings is 1. The van der Waals surface area contributed by atoms with Crippen LogP contribution in [0.2, 0.25) is 0 Å². The van der Waals surface area contributed by atoms with Gasteiger partial charge in [0.25, 0.3) is 0 Å². The number of nitrogens with zero attached hydrogens (tertiary/aromatic N) is 7. The molecule has 1 unspecified atom stereocenters. The van der Waals surface area contributed by atoms with Gasteiger partial charge in [-0.15, -0.1) is 10.2 Å². The van der Waals surface area contributed by atoms with Crippen LogP contribution in [-0.4, -0.2) is 47.3 Å². The zero-order chi connectivity index (χ0) is 17.9. The lowest BCUT2D eigenvalue weighted by Gasteiger charge is -2.32. The maximum absolute atomic E-state index is 4.53. The van der Waals surface area contributed by atoms with Gasteiger partial charge in [-0.1, -0.05) is 0 Å². The average molecular weight is 351 g/mol. The zero-order valence-electron chi connectivity index (χ0n) is 15.4. The maximum Gasteiger partial charge on any atom is 0.152 e. The van der Waals surface area contributed by atoms with Crippen molar-refractivity contribution in [1.82, 2.24) is 34.2 Å². The molecule has 4 rings (SSSR count). The van der Waals surface area contributed by atoms with Crippen LogP contribution >= 0.6 is 0 Å². The lowest BCUT2D eigenvalue weighted by atomic mass is 9.96. The Hall–Kier alpha value is -2.54. The number of hydrogen-bond donors (Lipinski definition) is 0. The summed E-state index contributed by atoms with van der Waals surface area (Å²) in [4.78, 5) is 10.9. The summed E-state index contributed by atoms with van der Waals surface area (Å²) in [5.41, 5.74) is 1.31. The molecule has 0 N–H and O–H groups in total. The Morgan fingerprint density at radius 3 is 2.73 bits per heavy atom. The fourth-order valence-electron chi connectivity index (χ4n) is 3.75. The summed E-state index contributed by atoms with van der Waals surface area (Å²) in [5, 5.41) is 8.99. The van der Waals surface area contributed by atoms with Crippen LogP contribution in [0.15, 0.2) is 36.9 Å². The van der Waals surface area contributed by atoms with Crippen molar-refractivity contribution in [3.63, 3.8) is 0 Å². The van der Waals surface area contributed by atoms with Crippen molar-refractivity contribution in [1.29, 1.82) is 0 Å². The van der Waals surface area contributed by atoms with Gasteiger partial charge < -0.3 is 9.13 Å². The summed E-state index contributed by atoms with van der Waals surface area (Å²) in [6, 6.07) is 4.19. The smallest absolute Gasteiger partial charge is 0.152 e. The number of aromatic nitrogens is 6. The molecule has 136 valence electrons. The van der Waals surface area contributed by atoms with Crippen LogP contribution in [0.5, 0.6) is 0 Å². The molecule has 0 amide bonds. The minimum absolute atomic E-state index is 0.431. The Morgan fingerprint density at radius 2 is 1.96 bits per heavy atom. The van der Waals surface area contributed by atoms with Crippen molar-refractivity contribution in [2.24, 2.45) is 7.05 Å². The highest BCUT2D eigenvalue weighted by molar-refractivity contribution is 5.11. The van der Waals surface area contributed by atoms with Crippen molar-refractivity contribution in [2.45, 2.75) is 38.8 Å². The molecule has 1 fully saturated rings. The van der Waals surface area contributed by atoms with Crippen molar-refractivity contribution in [3.05, 3.63) is 60.0 Å². The van der Waals surface area contributed by atoms with Crippen LogP contribution in [0.4, 0.5) is 0 Å². The van der Waals surface area contributed by atoms with Crippen molar-refractivity contribution >= 4 is 0 Å². The minimum atomic E-state index is 0.431. The molecule has 0 saturated carbocycles. The Labute approximate surface area is 153 Å². The van der Waals surface area contributed by atoms with E-state index >= 15 is 0 Å². The molecule has 7 heteroatoms. The summed E-state index contributed by atoms with van der Waals surface area (Å²) < 4.78 is 4.27. The highest BCUT2D eigenvalue weighted by atomic mass is 15.3. The van der Waals surface area contributed by atoms with Crippen molar-refractivity contribution in [3.8, 4) is 0 Å². The van der Waals surface area contributed by atoms with Gasteiger partial charge in [0.15, 0.2) is 5.82 Å². The number of likely N-dealkylation sites (tertiary alicyclic amines) is 1. The second kappa shape index (κ2) is 7.37. The summed E-state index contributed by atoms with van der Waals surface area (Å²) in [5.74, 6) is 3.50. The molecular formula is C19H25N7. The molecule has 0 aromatic carbocycles. The first kappa shape index (κ1) is 16.9. The van der Waals surface area contributed by atoms with Gasteiger partial charge in [-0.2, -0.15) is 0 Å². The van der Waals surface area contributed by atoms with Gasteiger partial charge in [-0.25, -0.2) is 4.98 Å². The van der Waals surface area contributed by atoms with E-state index in [0.717, 1.165) is 37.1 Å². The maximum atomic E-state index is 4.53. The second-order valence-electron chi connectivity index (χ2n) is 7.07. The fraction of sp³-hybridized carbons (Fsp3) is 0.474. The molecule has 7 nitrogen and oxygen atoms in total. The first-order chi connectivity index (χ1) is 12.7. The van der Waals surface area contributed by atoms with Crippen LogP contribution < -0.4 is 0 Å². The predicted molar refractivity (Wildman–Crippen MR) is 98.6 cm³/mol. The summed E-state index contributed by atoms with van der Waals surface area (Å²) >= 11 is 0. The summed E-state index contributed by atoms with van der Waals surface area (Å²) in [6.07, 6.45) is 9.90. The molecule has 1 saturated heterocycles. The third-order valence-corrected chi connectivity index (χ3v) is 5.26. The van der Waals surface area contributed by atoms with E-state index in [4.69, 9.17) is 0 Å². The number of imidazole rings is 1. The largest absolute Gasteiger partial charge is 0.328 e. The van der Waals surface area contributed by atoms with Gasteiger partial charge in [0.2, 0.25) is 0 Å². The van der Waals surface area contributed by atoms with E-state index in [9.17, 15) is 0 Å². The number of aryl methyl sites for hydroxylation is 1. The molecular weight excluding hydrogens is 326 g/mol. The Kier molecular flexibility index (Phi) is 4.79. The highest BCUT2D eigenvalue weighted by Crippen LogP contribution is 2.26. The van der Waals surface area contributed by atoms with E-state index in [2.05, 4.69) is 53.4 Å². The molecule has 1 aliphatic rings. The van der Waals surface area contributed by atoms with Crippen LogP contribution in [-0.2, 0) is 20.1 Å². The standard InChI is InChI=1S/C19H25N7/c1-15-21-9-11-26(15)14-18-22-23-19(24(18)2)17-4-3-10-25(13-17)12-16-5-7-20-8-6-16/h5-9,11,17H,3-4,10,12-14H2,1-2H3. The average Bonchev–Trinajstić information content (AvgIpc) is 3.23. The lowest BCUT2D eigenvalue weighted by molar-refractivity contribution is 0.195. The Morgan fingerprint density at radius 1 is 1.12 bits per heavy atom.